The minimum Gasteiger partial charge on any atom is -0.381 e. The molecular weight excluding hydrogens is 288 g/mol. The van der Waals surface area contributed by atoms with Crippen LogP contribution in [0.15, 0.2) is 24.3 Å². The molecule has 1 heterocycles. The highest BCUT2D eigenvalue weighted by Gasteiger charge is 2.22. The number of carbonyl (C=O) groups excluding carboxylic acids is 1. The molecule has 0 unspecified atom stereocenters. The van der Waals surface area contributed by atoms with E-state index < -0.39 is 0 Å². The molecule has 0 N–H and O–H groups in total. The number of hydrogen-bond donors (Lipinski definition) is 0. The lowest BCUT2D eigenvalue weighted by atomic mass is 10.1. The Bertz CT molecular complexity index is 479. The topological polar surface area (TPSA) is 32.8 Å². The van der Waals surface area contributed by atoms with Crippen molar-refractivity contribution < 1.29 is 9.53 Å². The van der Waals surface area contributed by atoms with Crippen molar-refractivity contribution in [2.24, 2.45) is 0 Å². The molecule has 23 heavy (non-hydrogen) atoms. The van der Waals surface area contributed by atoms with E-state index in [1.807, 2.05) is 4.90 Å². The summed E-state index contributed by atoms with van der Waals surface area (Å²) in [4.78, 5) is 16.9. The molecule has 1 fully saturated rings. The molecule has 0 saturated carbocycles. The van der Waals surface area contributed by atoms with E-state index in [9.17, 15) is 4.79 Å². The van der Waals surface area contributed by atoms with E-state index in [-0.39, 0.29) is 5.91 Å². The Labute approximate surface area is 140 Å². The van der Waals surface area contributed by atoms with Crippen LogP contribution in [0.2, 0.25) is 0 Å². The van der Waals surface area contributed by atoms with Gasteiger partial charge in [-0.25, -0.2) is 0 Å². The van der Waals surface area contributed by atoms with Gasteiger partial charge >= 0.3 is 0 Å². The van der Waals surface area contributed by atoms with Crippen molar-refractivity contribution in [2.75, 3.05) is 33.3 Å². The third-order valence-corrected chi connectivity index (χ3v) is 4.57. The summed E-state index contributed by atoms with van der Waals surface area (Å²) in [5.41, 5.74) is 2.46. The average Bonchev–Trinajstić information content (AvgIpc) is 2.57. The Morgan fingerprint density at radius 3 is 2.48 bits per heavy atom. The lowest BCUT2D eigenvalue weighted by Gasteiger charge is -2.32. The molecule has 0 bridgehead atoms. The van der Waals surface area contributed by atoms with Gasteiger partial charge in [-0.3, -0.25) is 9.69 Å². The molecule has 0 atom stereocenters. The monoisotopic (exact) mass is 318 g/mol. The van der Waals surface area contributed by atoms with Crippen LogP contribution in [0.3, 0.4) is 0 Å². The normalized spacial score (nSPS) is 16.5. The summed E-state index contributed by atoms with van der Waals surface area (Å²) in [6, 6.07) is 8.46. The standard InChI is InChI=1S/C19H30N2O2/c1-4-11-21(14-17-7-5-16(2)6-8-17)19(22)15-20-12-9-18(23-3)10-13-20/h5-8,18H,4,9-15H2,1-3H3. The number of methoxy groups -OCH3 is 1. The molecule has 0 radical (unpaired) electrons. The molecular formula is C19H30N2O2. The van der Waals surface area contributed by atoms with E-state index in [1.165, 1.54) is 11.1 Å². The van der Waals surface area contributed by atoms with Gasteiger partial charge in [-0.1, -0.05) is 36.8 Å². The Hall–Kier alpha value is -1.39. The van der Waals surface area contributed by atoms with Crippen LogP contribution in [0.5, 0.6) is 0 Å². The van der Waals surface area contributed by atoms with Crippen LogP contribution in [0.4, 0.5) is 0 Å². The van der Waals surface area contributed by atoms with Gasteiger partial charge in [0.25, 0.3) is 0 Å². The smallest absolute Gasteiger partial charge is 0.237 e. The third kappa shape index (κ3) is 5.63. The van der Waals surface area contributed by atoms with Gasteiger partial charge in [0, 0.05) is 33.3 Å². The van der Waals surface area contributed by atoms with Crippen LogP contribution in [-0.2, 0) is 16.1 Å². The molecule has 1 saturated heterocycles. The van der Waals surface area contributed by atoms with Gasteiger partial charge in [0.2, 0.25) is 5.91 Å². The van der Waals surface area contributed by atoms with E-state index in [0.717, 1.165) is 38.9 Å². The van der Waals surface area contributed by atoms with Crippen LogP contribution in [0.1, 0.15) is 37.3 Å². The summed E-state index contributed by atoms with van der Waals surface area (Å²) in [5.74, 6) is 0.239. The first-order valence-corrected chi connectivity index (χ1v) is 8.70. The van der Waals surface area contributed by atoms with Crippen molar-refractivity contribution in [3.8, 4) is 0 Å². The minimum atomic E-state index is 0.239. The van der Waals surface area contributed by atoms with Gasteiger partial charge in [-0.2, -0.15) is 0 Å². The number of ether oxygens (including phenoxy) is 1. The Morgan fingerprint density at radius 1 is 1.26 bits per heavy atom. The second-order valence-corrected chi connectivity index (χ2v) is 6.51. The number of nitrogens with zero attached hydrogens (tertiary/aromatic N) is 2. The Morgan fingerprint density at radius 2 is 1.91 bits per heavy atom. The molecule has 4 nitrogen and oxygen atoms in total. The summed E-state index contributed by atoms with van der Waals surface area (Å²) in [6.45, 7) is 8.18. The van der Waals surface area contributed by atoms with Crippen LogP contribution in [0.25, 0.3) is 0 Å². The number of likely N-dealkylation sites (tertiary alicyclic amines) is 1. The fourth-order valence-electron chi connectivity index (χ4n) is 3.07. The van der Waals surface area contributed by atoms with Crippen LogP contribution in [0, 0.1) is 6.92 Å². The maximum Gasteiger partial charge on any atom is 0.237 e. The van der Waals surface area contributed by atoms with Gasteiger partial charge in [0.15, 0.2) is 0 Å². The summed E-state index contributed by atoms with van der Waals surface area (Å²) >= 11 is 0. The molecule has 1 aromatic rings. The molecule has 0 aliphatic carbocycles. The van der Waals surface area contributed by atoms with Gasteiger partial charge in [-0.15, -0.1) is 0 Å². The predicted molar refractivity (Wildman–Crippen MR) is 93.4 cm³/mol. The van der Waals surface area contributed by atoms with Crippen molar-refractivity contribution in [1.29, 1.82) is 0 Å². The number of amides is 1. The zero-order valence-corrected chi connectivity index (χ0v) is 14.8. The molecule has 1 aliphatic heterocycles. The summed E-state index contributed by atoms with van der Waals surface area (Å²) in [5, 5.41) is 0. The zero-order chi connectivity index (χ0) is 16.7. The molecule has 0 spiro atoms. The lowest BCUT2D eigenvalue weighted by molar-refractivity contribution is -0.133. The fraction of sp³-hybridized carbons (Fsp3) is 0.632. The van der Waals surface area contributed by atoms with E-state index in [1.54, 1.807) is 7.11 Å². The SMILES string of the molecule is CCCN(Cc1ccc(C)cc1)C(=O)CN1CCC(OC)CC1. The maximum atomic E-state index is 12.7. The quantitative estimate of drug-likeness (QED) is 0.775. The molecule has 0 aromatic heterocycles. The number of carbonyl (C=O) groups is 1. The largest absolute Gasteiger partial charge is 0.381 e. The van der Waals surface area contributed by atoms with Crippen molar-refractivity contribution in [3.63, 3.8) is 0 Å². The van der Waals surface area contributed by atoms with Crippen LogP contribution < -0.4 is 0 Å². The molecule has 2 rings (SSSR count). The van der Waals surface area contributed by atoms with E-state index in [4.69, 9.17) is 4.74 Å². The molecule has 128 valence electrons. The van der Waals surface area contributed by atoms with E-state index in [2.05, 4.69) is 43.0 Å². The second-order valence-electron chi connectivity index (χ2n) is 6.51. The van der Waals surface area contributed by atoms with Gasteiger partial charge in [-0.05, 0) is 31.7 Å². The highest BCUT2D eigenvalue weighted by atomic mass is 16.5. The minimum absolute atomic E-state index is 0.239. The molecule has 1 amide bonds. The predicted octanol–water partition coefficient (Wildman–Crippen LogP) is 2.84. The van der Waals surface area contributed by atoms with Gasteiger partial charge < -0.3 is 9.64 Å². The third-order valence-electron chi connectivity index (χ3n) is 4.57. The molecule has 1 aliphatic rings. The number of hydrogen-bond acceptors (Lipinski definition) is 3. The summed E-state index contributed by atoms with van der Waals surface area (Å²) in [6.07, 6.45) is 3.40. The van der Waals surface area contributed by atoms with Crippen molar-refractivity contribution in [2.45, 2.75) is 45.8 Å². The number of aryl methyl sites for hydroxylation is 1. The second kappa shape index (κ2) is 9.04. The van der Waals surface area contributed by atoms with Crippen molar-refractivity contribution >= 4 is 5.91 Å². The summed E-state index contributed by atoms with van der Waals surface area (Å²) in [7, 11) is 1.77. The van der Waals surface area contributed by atoms with Gasteiger partial charge in [0.1, 0.15) is 0 Å². The van der Waals surface area contributed by atoms with E-state index in [0.29, 0.717) is 19.2 Å². The number of piperidine rings is 1. The Balaban J connectivity index is 1.89. The van der Waals surface area contributed by atoms with Crippen molar-refractivity contribution in [1.82, 2.24) is 9.80 Å². The molecule has 4 heteroatoms. The summed E-state index contributed by atoms with van der Waals surface area (Å²) < 4.78 is 5.40. The van der Waals surface area contributed by atoms with Crippen LogP contribution in [-0.4, -0.2) is 55.1 Å². The Kier molecular flexibility index (Phi) is 7.06. The highest BCUT2D eigenvalue weighted by molar-refractivity contribution is 5.78. The first-order valence-electron chi connectivity index (χ1n) is 8.70. The van der Waals surface area contributed by atoms with E-state index >= 15 is 0 Å². The van der Waals surface area contributed by atoms with Gasteiger partial charge in [0.05, 0.1) is 12.6 Å². The lowest BCUT2D eigenvalue weighted by Crippen LogP contribution is -2.44. The zero-order valence-electron chi connectivity index (χ0n) is 14.8. The first-order chi connectivity index (χ1) is 11.1. The number of rotatable bonds is 7. The number of benzene rings is 1. The fourth-order valence-corrected chi connectivity index (χ4v) is 3.07. The molecule has 1 aromatic carbocycles. The average molecular weight is 318 g/mol. The maximum absolute atomic E-state index is 12.7. The van der Waals surface area contributed by atoms with Crippen molar-refractivity contribution in [3.05, 3.63) is 35.4 Å². The first kappa shape index (κ1) is 18.0. The highest BCUT2D eigenvalue weighted by Crippen LogP contribution is 2.14. The van der Waals surface area contributed by atoms with Crippen LogP contribution >= 0.6 is 0 Å².